The molecular weight excluding hydrogens is 412 g/mol. The lowest BCUT2D eigenvalue weighted by Crippen LogP contribution is -2.38. The average molecular weight is 433 g/mol. The summed E-state index contributed by atoms with van der Waals surface area (Å²) in [6.07, 6.45) is 4.47. The SMILES string of the molecule is CSc1ccc(CC(=O)N(CC2CCCO2)c2nc3ccc(Cl)cc3s2)cc1. The minimum Gasteiger partial charge on any atom is -0.376 e. The van der Waals surface area contributed by atoms with E-state index in [4.69, 9.17) is 21.3 Å². The number of amides is 1. The Labute approximate surface area is 177 Å². The zero-order valence-electron chi connectivity index (χ0n) is 15.6. The van der Waals surface area contributed by atoms with E-state index in [2.05, 4.69) is 12.1 Å². The predicted octanol–water partition coefficient (Wildman–Crippen LogP) is 5.43. The zero-order chi connectivity index (χ0) is 19.5. The fourth-order valence-electron chi connectivity index (χ4n) is 3.29. The molecule has 1 aliphatic rings. The summed E-state index contributed by atoms with van der Waals surface area (Å²) in [5, 5.41) is 1.38. The van der Waals surface area contributed by atoms with Crippen molar-refractivity contribution in [1.82, 2.24) is 4.98 Å². The van der Waals surface area contributed by atoms with Crippen LogP contribution in [0, 0.1) is 0 Å². The zero-order valence-corrected chi connectivity index (χ0v) is 17.9. The summed E-state index contributed by atoms with van der Waals surface area (Å²) >= 11 is 9.31. The van der Waals surface area contributed by atoms with Gasteiger partial charge < -0.3 is 4.74 Å². The largest absolute Gasteiger partial charge is 0.376 e. The van der Waals surface area contributed by atoms with Crippen molar-refractivity contribution in [2.24, 2.45) is 0 Å². The number of hydrogen-bond acceptors (Lipinski definition) is 5. The molecule has 0 radical (unpaired) electrons. The summed E-state index contributed by atoms with van der Waals surface area (Å²) in [7, 11) is 0. The molecule has 0 bridgehead atoms. The molecule has 7 heteroatoms. The molecule has 2 heterocycles. The van der Waals surface area contributed by atoms with Gasteiger partial charge in [0, 0.05) is 16.5 Å². The lowest BCUT2D eigenvalue weighted by atomic mass is 10.1. The lowest BCUT2D eigenvalue weighted by Gasteiger charge is -2.23. The van der Waals surface area contributed by atoms with Gasteiger partial charge in [0.1, 0.15) is 0 Å². The second kappa shape index (κ2) is 8.82. The quantitative estimate of drug-likeness (QED) is 0.487. The topological polar surface area (TPSA) is 42.4 Å². The number of nitrogens with zero attached hydrogens (tertiary/aromatic N) is 2. The van der Waals surface area contributed by atoms with Crippen LogP contribution in [0.1, 0.15) is 18.4 Å². The number of aromatic nitrogens is 1. The molecule has 1 fully saturated rings. The number of halogens is 1. The smallest absolute Gasteiger partial charge is 0.233 e. The number of carbonyl (C=O) groups is 1. The Morgan fingerprint density at radius 3 is 2.86 bits per heavy atom. The van der Waals surface area contributed by atoms with Crippen LogP contribution < -0.4 is 4.90 Å². The van der Waals surface area contributed by atoms with Gasteiger partial charge in [0.15, 0.2) is 5.13 Å². The van der Waals surface area contributed by atoms with E-state index in [1.807, 2.05) is 36.6 Å². The van der Waals surface area contributed by atoms with Crippen molar-refractivity contribution in [3.8, 4) is 0 Å². The van der Waals surface area contributed by atoms with E-state index >= 15 is 0 Å². The first kappa shape index (κ1) is 19.7. The molecule has 1 saturated heterocycles. The van der Waals surface area contributed by atoms with E-state index in [-0.39, 0.29) is 12.0 Å². The van der Waals surface area contributed by atoms with Crippen LogP contribution in [-0.4, -0.2) is 36.4 Å². The number of thiazole rings is 1. The van der Waals surface area contributed by atoms with Crippen LogP contribution >= 0.6 is 34.7 Å². The van der Waals surface area contributed by atoms with Crippen LogP contribution in [0.15, 0.2) is 47.4 Å². The molecule has 4 nitrogen and oxygen atoms in total. The summed E-state index contributed by atoms with van der Waals surface area (Å²) in [5.41, 5.74) is 1.86. The van der Waals surface area contributed by atoms with Gasteiger partial charge in [0.25, 0.3) is 0 Å². The highest BCUT2D eigenvalue weighted by molar-refractivity contribution is 7.98. The highest BCUT2D eigenvalue weighted by Crippen LogP contribution is 2.32. The molecule has 2 aromatic carbocycles. The van der Waals surface area contributed by atoms with Gasteiger partial charge in [0.2, 0.25) is 5.91 Å². The van der Waals surface area contributed by atoms with Crippen molar-refractivity contribution in [1.29, 1.82) is 0 Å². The lowest BCUT2D eigenvalue weighted by molar-refractivity contribution is -0.118. The van der Waals surface area contributed by atoms with Crippen LogP contribution in [-0.2, 0) is 16.0 Å². The summed E-state index contributed by atoms with van der Waals surface area (Å²) < 4.78 is 6.77. The molecule has 0 N–H and O–H groups in total. The van der Waals surface area contributed by atoms with Gasteiger partial charge >= 0.3 is 0 Å². The Kier molecular flexibility index (Phi) is 6.21. The summed E-state index contributed by atoms with van der Waals surface area (Å²) in [6, 6.07) is 13.8. The van der Waals surface area contributed by atoms with E-state index in [1.165, 1.54) is 16.2 Å². The molecule has 28 heavy (non-hydrogen) atoms. The standard InChI is InChI=1S/C21H21ClN2O2S2/c1-27-17-7-4-14(5-8-17)11-20(25)24(13-16-3-2-10-26-16)21-23-18-9-6-15(22)12-19(18)28-21/h4-9,12,16H,2-3,10-11,13H2,1H3. The Morgan fingerprint density at radius 2 is 2.14 bits per heavy atom. The number of fused-ring (bicyclic) bond motifs is 1. The first-order valence-corrected chi connectivity index (χ1v) is 11.7. The van der Waals surface area contributed by atoms with Gasteiger partial charge in [-0.25, -0.2) is 4.98 Å². The molecule has 0 saturated carbocycles. The molecule has 1 aromatic heterocycles. The number of hydrogen-bond donors (Lipinski definition) is 0. The van der Waals surface area contributed by atoms with Crippen LogP contribution in [0.2, 0.25) is 5.02 Å². The third-order valence-electron chi connectivity index (χ3n) is 4.80. The maximum Gasteiger partial charge on any atom is 0.233 e. The second-order valence-corrected chi connectivity index (χ2v) is 9.10. The normalized spacial score (nSPS) is 16.6. The Balaban J connectivity index is 1.60. The van der Waals surface area contributed by atoms with Crippen molar-refractivity contribution < 1.29 is 9.53 Å². The van der Waals surface area contributed by atoms with Crippen molar-refractivity contribution in [3.63, 3.8) is 0 Å². The minimum atomic E-state index is 0.0394. The molecule has 146 valence electrons. The second-order valence-electron chi connectivity index (χ2n) is 6.77. The van der Waals surface area contributed by atoms with Gasteiger partial charge in [-0.15, -0.1) is 11.8 Å². The van der Waals surface area contributed by atoms with Gasteiger partial charge in [-0.2, -0.15) is 0 Å². The highest BCUT2D eigenvalue weighted by Gasteiger charge is 2.26. The van der Waals surface area contributed by atoms with Crippen molar-refractivity contribution in [2.75, 3.05) is 24.3 Å². The number of anilines is 1. The third kappa shape index (κ3) is 4.51. The van der Waals surface area contributed by atoms with E-state index in [0.717, 1.165) is 35.2 Å². The predicted molar refractivity (Wildman–Crippen MR) is 118 cm³/mol. The van der Waals surface area contributed by atoms with E-state index < -0.39 is 0 Å². The monoisotopic (exact) mass is 432 g/mol. The average Bonchev–Trinajstić information content (AvgIpc) is 3.35. The van der Waals surface area contributed by atoms with E-state index in [0.29, 0.717) is 23.1 Å². The number of carbonyl (C=O) groups excluding carboxylic acids is 1. The Bertz CT molecular complexity index is 968. The summed E-state index contributed by atoms with van der Waals surface area (Å²) in [4.78, 5) is 20.9. The fourth-order valence-corrected chi connectivity index (χ4v) is 4.97. The molecule has 3 aromatic rings. The molecule has 1 unspecified atom stereocenters. The third-order valence-corrected chi connectivity index (χ3v) is 6.82. The van der Waals surface area contributed by atoms with Crippen molar-refractivity contribution >= 4 is 56.0 Å². The maximum atomic E-state index is 13.2. The fraction of sp³-hybridized carbons (Fsp3) is 0.333. The minimum absolute atomic E-state index is 0.0394. The molecular formula is C21H21ClN2O2S2. The van der Waals surface area contributed by atoms with Crippen LogP contribution in [0.4, 0.5) is 5.13 Å². The first-order valence-electron chi connectivity index (χ1n) is 9.23. The Morgan fingerprint density at radius 1 is 1.32 bits per heavy atom. The van der Waals surface area contributed by atoms with Crippen molar-refractivity contribution in [3.05, 3.63) is 53.1 Å². The molecule has 4 rings (SSSR count). The molecule has 0 spiro atoms. The van der Waals surface area contributed by atoms with Crippen LogP contribution in [0.5, 0.6) is 0 Å². The number of thioether (sulfide) groups is 1. The number of rotatable bonds is 6. The van der Waals surface area contributed by atoms with Crippen LogP contribution in [0.3, 0.4) is 0 Å². The molecule has 1 amide bonds. The van der Waals surface area contributed by atoms with Gasteiger partial charge in [0.05, 0.1) is 29.3 Å². The summed E-state index contributed by atoms with van der Waals surface area (Å²) in [5.74, 6) is 0.0394. The molecule has 1 atom stereocenters. The van der Waals surface area contributed by atoms with Crippen molar-refractivity contribution in [2.45, 2.75) is 30.3 Å². The summed E-state index contributed by atoms with van der Waals surface area (Å²) in [6.45, 7) is 1.30. The van der Waals surface area contributed by atoms with Crippen LogP contribution in [0.25, 0.3) is 10.2 Å². The molecule has 1 aliphatic heterocycles. The molecule has 0 aliphatic carbocycles. The van der Waals surface area contributed by atoms with Gasteiger partial charge in [-0.3, -0.25) is 9.69 Å². The maximum absolute atomic E-state index is 13.2. The van der Waals surface area contributed by atoms with Gasteiger partial charge in [-0.1, -0.05) is 35.1 Å². The van der Waals surface area contributed by atoms with E-state index in [9.17, 15) is 4.79 Å². The highest BCUT2D eigenvalue weighted by atomic mass is 35.5. The first-order chi connectivity index (χ1) is 13.6. The Hall–Kier alpha value is -1.60. The van der Waals surface area contributed by atoms with E-state index in [1.54, 1.807) is 16.7 Å². The number of benzene rings is 2. The van der Waals surface area contributed by atoms with Gasteiger partial charge in [-0.05, 0) is 55.0 Å². The number of ether oxygens (including phenoxy) is 1.